The summed E-state index contributed by atoms with van der Waals surface area (Å²) in [6.45, 7) is 4.30. The minimum Gasteiger partial charge on any atom is -0.388 e. The van der Waals surface area contributed by atoms with Crippen LogP contribution in [-0.2, 0) is 0 Å². The SMILES string of the molecule is Cc1[nH]c2ccccc2c1[C@H](C)C[C@@H](O)c1ccccc1. The third-order valence-electron chi connectivity index (χ3n) is 4.20. The van der Waals surface area contributed by atoms with Crippen LogP contribution in [0, 0.1) is 6.92 Å². The van der Waals surface area contributed by atoms with Crippen LogP contribution in [0.15, 0.2) is 54.6 Å². The molecular weight excluding hydrogens is 258 g/mol. The lowest BCUT2D eigenvalue weighted by molar-refractivity contribution is 0.159. The van der Waals surface area contributed by atoms with Crippen molar-refractivity contribution in [1.29, 1.82) is 0 Å². The summed E-state index contributed by atoms with van der Waals surface area (Å²) in [5.74, 6) is 0.302. The summed E-state index contributed by atoms with van der Waals surface area (Å²) in [4.78, 5) is 3.44. The highest BCUT2D eigenvalue weighted by Crippen LogP contribution is 2.34. The number of rotatable bonds is 4. The maximum Gasteiger partial charge on any atom is 0.0795 e. The van der Waals surface area contributed by atoms with Crippen molar-refractivity contribution in [1.82, 2.24) is 4.98 Å². The lowest BCUT2D eigenvalue weighted by atomic mass is 9.90. The summed E-state index contributed by atoms with van der Waals surface area (Å²) < 4.78 is 0. The van der Waals surface area contributed by atoms with E-state index in [1.807, 2.05) is 36.4 Å². The first-order valence-electron chi connectivity index (χ1n) is 7.47. The van der Waals surface area contributed by atoms with E-state index in [1.165, 1.54) is 22.2 Å². The second kappa shape index (κ2) is 5.74. The third kappa shape index (κ3) is 2.72. The van der Waals surface area contributed by atoms with E-state index in [0.717, 1.165) is 12.0 Å². The van der Waals surface area contributed by atoms with Gasteiger partial charge in [-0.25, -0.2) is 0 Å². The molecule has 1 heterocycles. The molecular formula is C19H21NO. The lowest BCUT2D eigenvalue weighted by Gasteiger charge is -2.17. The van der Waals surface area contributed by atoms with Gasteiger partial charge in [0, 0.05) is 16.6 Å². The number of hydrogen-bond donors (Lipinski definition) is 2. The minimum absolute atomic E-state index is 0.302. The summed E-state index contributed by atoms with van der Waals surface area (Å²) in [6, 6.07) is 18.3. The van der Waals surface area contributed by atoms with Crippen LogP contribution >= 0.6 is 0 Å². The Morgan fingerprint density at radius 2 is 1.67 bits per heavy atom. The van der Waals surface area contributed by atoms with Gasteiger partial charge in [-0.2, -0.15) is 0 Å². The summed E-state index contributed by atoms with van der Waals surface area (Å²) in [5, 5.41) is 11.7. The number of fused-ring (bicyclic) bond motifs is 1. The predicted octanol–water partition coefficient (Wildman–Crippen LogP) is 4.70. The molecule has 0 aliphatic rings. The summed E-state index contributed by atoms with van der Waals surface area (Å²) in [6.07, 6.45) is 0.307. The molecule has 0 bridgehead atoms. The smallest absolute Gasteiger partial charge is 0.0795 e. The highest BCUT2D eigenvalue weighted by atomic mass is 16.3. The first-order valence-corrected chi connectivity index (χ1v) is 7.47. The van der Waals surface area contributed by atoms with Crippen LogP contribution in [0.5, 0.6) is 0 Å². The van der Waals surface area contributed by atoms with E-state index in [9.17, 15) is 5.11 Å². The number of aryl methyl sites for hydroxylation is 1. The largest absolute Gasteiger partial charge is 0.388 e. The minimum atomic E-state index is -0.422. The van der Waals surface area contributed by atoms with Gasteiger partial charge in [-0.15, -0.1) is 0 Å². The number of benzene rings is 2. The number of aliphatic hydroxyl groups excluding tert-OH is 1. The number of nitrogens with one attached hydrogen (secondary N) is 1. The Labute approximate surface area is 125 Å². The van der Waals surface area contributed by atoms with Crippen molar-refractivity contribution < 1.29 is 5.11 Å². The molecule has 2 heteroatoms. The van der Waals surface area contributed by atoms with Crippen molar-refractivity contribution in [3.8, 4) is 0 Å². The van der Waals surface area contributed by atoms with Gasteiger partial charge < -0.3 is 10.1 Å². The number of hydrogen-bond acceptors (Lipinski definition) is 1. The number of aliphatic hydroxyl groups is 1. The van der Waals surface area contributed by atoms with Crippen molar-refractivity contribution in [2.45, 2.75) is 32.3 Å². The number of aromatic nitrogens is 1. The quantitative estimate of drug-likeness (QED) is 0.713. The molecule has 0 amide bonds. The van der Waals surface area contributed by atoms with Gasteiger partial charge in [0.15, 0.2) is 0 Å². The van der Waals surface area contributed by atoms with E-state index in [4.69, 9.17) is 0 Å². The zero-order valence-corrected chi connectivity index (χ0v) is 12.5. The van der Waals surface area contributed by atoms with E-state index < -0.39 is 6.10 Å². The van der Waals surface area contributed by atoms with Crippen molar-refractivity contribution in [2.75, 3.05) is 0 Å². The fourth-order valence-corrected chi connectivity index (χ4v) is 3.20. The number of H-pyrrole nitrogens is 1. The molecule has 2 N–H and O–H groups in total. The average molecular weight is 279 g/mol. The lowest BCUT2D eigenvalue weighted by Crippen LogP contribution is -2.04. The van der Waals surface area contributed by atoms with Crippen LogP contribution in [0.3, 0.4) is 0 Å². The van der Waals surface area contributed by atoms with E-state index in [0.29, 0.717) is 5.92 Å². The van der Waals surface area contributed by atoms with E-state index in [1.54, 1.807) is 0 Å². The van der Waals surface area contributed by atoms with Crippen LogP contribution in [0.4, 0.5) is 0 Å². The van der Waals surface area contributed by atoms with E-state index in [2.05, 4.69) is 37.0 Å². The molecule has 2 nitrogen and oxygen atoms in total. The van der Waals surface area contributed by atoms with Gasteiger partial charge in [0.25, 0.3) is 0 Å². The maximum atomic E-state index is 10.4. The highest BCUT2D eigenvalue weighted by molar-refractivity contribution is 5.85. The molecule has 0 saturated carbocycles. The second-order valence-corrected chi connectivity index (χ2v) is 5.77. The van der Waals surface area contributed by atoms with Gasteiger partial charge in [-0.3, -0.25) is 0 Å². The van der Waals surface area contributed by atoms with Crippen LogP contribution in [0.1, 0.15) is 42.2 Å². The van der Waals surface area contributed by atoms with E-state index in [-0.39, 0.29) is 0 Å². The van der Waals surface area contributed by atoms with Gasteiger partial charge in [0.1, 0.15) is 0 Å². The Morgan fingerprint density at radius 1 is 1.00 bits per heavy atom. The normalized spacial score (nSPS) is 14.2. The first kappa shape index (κ1) is 13.9. The molecule has 108 valence electrons. The van der Waals surface area contributed by atoms with Gasteiger partial charge in [-0.1, -0.05) is 55.5 Å². The predicted molar refractivity (Wildman–Crippen MR) is 87.5 cm³/mol. The summed E-state index contributed by atoms with van der Waals surface area (Å²) >= 11 is 0. The van der Waals surface area contributed by atoms with Crippen LogP contribution in [0.2, 0.25) is 0 Å². The topological polar surface area (TPSA) is 36.0 Å². The molecule has 0 aliphatic carbocycles. The first-order chi connectivity index (χ1) is 10.2. The monoisotopic (exact) mass is 279 g/mol. The molecule has 3 rings (SSSR count). The summed E-state index contributed by atoms with van der Waals surface area (Å²) in [5.41, 5.74) is 4.68. The Kier molecular flexibility index (Phi) is 3.80. The number of aromatic amines is 1. The molecule has 21 heavy (non-hydrogen) atoms. The highest BCUT2D eigenvalue weighted by Gasteiger charge is 2.18. The van der Waals surface area contributed by atoms with Crippen LogP contribution in [-0.4, -0.2) is 10.1 Å². The zero-order chi connectivity index (χ0) is 14.8. The average Bonchev–Trinajstić information content (AvgIpc) is 2.83. The Balaban J connectivity index is 1.87. The Hall–Kier alpha value is -2.06. The van der Waals surface area contributed by atoms with Crippen LogP contribution in [0.25, 0.3) is 10.9 Å². The van der Waals surface area contributed by atoms with Gasteiger partial charge in [-0.05, 0) is 36.5 Å². The van der Waals surface area contributed by atoms with Gasteiger partial charge >= 0.3 is 0 Å². The molecule has 0 fully saturated rings. The number of para-hydroxylation sites is 1. The third-order valence-corrected chi connectivity index (χ3v) is 4.20. The summed E-state index contributed by atoms with van der Waals surface area (Å²) in [7, 11) is 0. The zero-order valence-electron chi connectivity index (χ0n) is 12.5. The fraction of sp³-hybridized carbons (Fsp3) is 0.263. The molecule has 2 atom stereocenters. The second-order valence-electron chi connectivity index (χ2n) is 5.77. The Morgan fingerprint density at radius 3 is 2.43 bits per heavy atom. The fourth-order valence-electron chi connectivity index (χ4n) is 3.20. The van der Waals surface area contributed by atoms with Crippen molar-refractivity contribution >= 4 is 10.9 Å². The van der Waals surface area contributed by atoms with E-state index >= 15 is 0 Å². The molecule has 3 aromatic rings. The molecule has 1 aromatic heterocycles. The molecule has 0 unspecified atom stereocenters. The van der Waals surface area contributed by atoms with Gasteiger partial charge in [0.05, 0.1) is 6.10 Å². The van der Waals surface area contributed by atoms with Crippen molar-refractivity contribution in [3.05, 3.63) is 71.4 Å². The molecule has 0 radical (unpaired) electrons. The molecule has 0 aliphatic heterocycles. The van der Waals surface area contributed by atoms with Gasteiger partial charge in [0.2, 0.25) is 0 Å². The van der Waals surface area contributed by atoms with Crippen molar-refractivity contribution in [3.63, 3.8) is 0 Å². The van der Waals surface area contributed by atoms with Crippen molar-refractivity contribution in [2.24, 2.45) is 0 Å². The Bertz CT molecular complexity index is 730. The standard InChI is InChI=1S/C19H21NO/c1-13(12-18(21)15-8-4-3-5-9-15)19-14(2)20-17-11-7-6-10-16(17)19/h3-11,13,18,20-21H,12H2,1-2H3/t13-,18-/m1/s1. The molecule has 0 spiro atoms. The molecule has 2 aromatic carbocycles. The maximum absolute atomic E-state index is 10.4. The van der Waals surface area contributed by atoms with Crippen LogP contribution < -0.4 is 0 Å². The molecule has 0 saturated heterocycles.